The molecule has 74 valence electrons. The Morgan fingerprint density at radius 3 is 2.79 bits per heavy atom. The molecule has 0 unspecified atom stereocenters. The first-order valence-electron chi connectivity index (χ1n) is 4.61. The van der Waals surface area contributed by atoms with Gasteiger partial charge in [0.25, 0.3) is 0 Å². The molecule has 1 nitrogen and oxygen atoms in total. The third kappa shape index (κ3) is 1.39. The Morgan fingerprint density at radius 2 is 2.14 bits per heavy atom. The van der Waals surface area contributed by atoms with E-state index in [1.54, 1.807) is 11.3 Å². The summed E-state index contributed by atoms with van der Waals surface area (Å²) in [7, 11) is 0. The Balaban J connectivity index is 2.80. The lowest BCUT2D eigenvalue weighted by atomic mass is 10.1. The van der Waals surface area contributed by atoms with E-state index in [4.69, 9.17) is 17.3 Å². The van der Waals surface area contributed by atoms with E-state index in [0.717, 1.165) is 12.1 Å². The molecule has 0 atom stereocenters. The van der Waals surface area contributed by atoms with E-state index < -0.39 is 0 Å². The van der Waals surface area contributed by atoms with Crippen LogP contribution in [0.3, 0.4) is 0 Å². The van der Waals surface area contributed by atoms with Gasteiger partial charge in [-0.3, -0.25) is 0 Å². The summed E-state index contributed by atoms with van der Waals surface area (Å²) in [6, 6.07) is 3.96. The second kappa shape index (κ2) is 3.79. The number of benzene rings is 1. The molecule has 0 amide bonds. The van der Waals surface area contributed by atoms with Crippen LogP contribution >= 0.6 is 22.9 Å². The topological polar surface area (TPSA) is 26.0 Å². The van der Waals surface area contributed by atoms with Crippen LogP contribution in [0.25, 0.3) is 10.1 Å². The van der Waals surface area contributed by atoms with Gasteiger partial charge in [0, 0.05) is 21.7 Å². The average Bonchev–Trinajstić information content (AvgIpc) is 2.63. The molecule has 1 aromatic heterocycles. The molecule has 1 aromatic carbocycles. The normalized spacial score (nSPS) is 11.0. The maximum absolute atomic E-state index is 5.96. The summed E-state index contributed by atoms with van der Waals surface area (Å²) < 4.78 is 1.25. The molecule has 0 aliphatic carbocycles. The van der Waals surface area contributed by atoms with Crippen molar-refractivity contribution in [2.24, 2.45) is 0 Å². The molecular formula is C11H12ClNS. The number of thiophene rings is 1. The molecule has 2 rings (SSSR count). The Bertz CT molecular complexity index is 462. The van der Waals surface area contributed by atoms with Crippen LogP contribution in [0.4, 0.5) is 5.69 Å². The molecule has 2 aromatic rings. The van der Waals surface area contributed by atoms with Gasteiger partial charge in [0.1, 0.15) is 0 Å². The third-order valence-electron chi connectivity index (χ3n) is 2.44. The van der Waals surface area contributed by atoms with Gasteiger partial charge in [-0.15, -0.1) is 22.9 Å². The first-order valence-corrected chi connectivity index (χ1v) is 6.02. The standard InChI is InChI=1S/C11H12ClNS/c1-2-7-6-14-11-8(5-12)3-4-9(13)10(7)11/h3-4,6H,2,5,13H2,1H3. The molecule has 0 fully saturated rings. The lowest BCUT2D eigenvalue weighted by Crippen LogP contribution is -1.89. The molecule has 0 radical (unpaired) electrons. The monoisotopic (exact) mass is 225 g/mol. The van der Waals surface area contributed by atoms with E-state index in [2.05, 4.69) is 12.3 Å². The zero-order valence-electron chi connectivity index (χ0n) is 8.01. The van der Waals surface area contributed by atoms with Crippen molar-refractivity contribution in [2.75, 3.05) is 5.73 Å². The van der Waals surface area contributed by atoms with Crippen molar-refractivity contribution in [3.8, 4) is 0 Å². The highest BCUT2D eigenvalue weighted by atomic mass is 35.5. The number of hydrogen-bond donors (Lipinski definition) is 1. The number of aryl methyl sites for hydroxylation is 1. The Hall–Kier alpha value is -0.730. The number of alkyl halides is 1. The van der Waals surface area contributed by atoms with Gasteiger partial charge in [0.2, 0.25) is 0 Å². The number of hydrogen-bond acceptors (Lipinski definition) is 2. The van der Waals surface area contributed by atoms with Gasteiger partial charge in [-0.25, -0.2) is 0 Å². The minimum Gasteiger partial charge on any atom is -0.398 e. The number of fused-ring (bicyclic) bond motifs is 1. The molecule has 0 saturated carbocycles. The minimum atomic E-state index is 0.556. The van der Waals surface area contributed by atoms with Crippen molar-refractivity contribution in [3.05, 3.63) is 28.6 Å². The number of rotatable bonds is 2. The van der Waals surface area contributed by atoms with Crippen LogP contribution in [-0.4, -0.2) is 0 Å². The summed E-state index contributed by atoms with van der Waals surface area (Å²) in [5.74, 6) is 0.556. The van der Waals surface area contributed by atoms with Gasteiger partial charge in [-0.05, 0) is 29.0 Å². The number of nitrogens with two attached hydrogens (primary N) is 1. The maximum Gasteiger partial charge on any atom is 0.0488 e. The highest BCUT2D eigenvalue weighted by Crippen LogP contribution is 2.34. The number of anilines is 1. The molecule has 0 bridgehead atoms. The average molecular weight is 226 g/mol. The quantitative estimate of drug-likeness (QED) is 0.611. The van der Waals surface area contributed by atoms with Crippen molar-refractivity contribution in [1.29, 1.82) is 0 Å². The molecular weight excluding hydrogens is 214 g/mol. The van der Waals surface area contributed by atoms with Crippen molar-refractivity contribution in [1.82, 2.24) is 0 Å². The van der Waals surface area contributed by atoms with Crippen molar-refractivity contribution < 1.29 is 0 Å². The van der Waals surface area contributed by atoms with Crippen molar-refractivity contribution >= 4 is 38.7 Å². The molecule has 2 N–H and O–H groups in total. The second-order valence-corrected chi connectivity index (χ2v) is 4.41. The maximum atomic E-state index is 5.96. The van der Waals surface area contributed by atoms with Crippen LogP contribution in [0.5, 0.6) is 0 Å². The summed E-state index contributed by atoms with van der Waals surface area (Å²) in [5, 5.41) is 3.38. The first kappa shape index (κ1) is 9.81. The molecule has 14 heavy (non-hydrogen) atoms. The van der Waals surface area contributed by atoms with Gasteiger partial charge in [0.15, 0.2) is 0 Å². The van der Waals surface area contributed by atoms with Gasteiger partial charge < -0.3 is 5.73 Å². The van der Waals surface area contributed by atoms with Gasteiger partial charge in [0.05, 0.1) is 0 Å². The Morgan fingerprint density at radius 1 is 1.36 bits per heavy atom. The smallest absolute Gasteiger partial charge is 0.0488 e. The number of nitrogen functional groups attached to an aromatic ring is 1. The van der Waals surface area contributed by atoms with Crippen LogP contribution in [0.2, 0.25) is 0 Å². The Labute approximate surface area is 92.5 Å². The molecule has 0 spiro atoms. The predicted molar refractivity (Wildman–Crippen MR) is 65.2 cm³/mol. The van der Waals surface area contributed by atoms with E-state index in [1.165, 1.54) is 21.2 Å². The molecule has 0 aliphatic rings. The molecule has 0 aliphatic heterocycles. The summed E-state index contributed by atoms with van der Waals surface area (Å²) >= 11 is 7.62. The zero-order chi connectivity index (χ0) is 10.1. The summed E-state index contributed by atoms with van der Waals surface area (Å²) in [6.45, 7) is 2.15. The first-order chi connectivity index (χ1) is 6.77. The third-order valence-corrected chi connectivity index (χ3v) is 3.83. The SMILES string of the molecule is CCc1csc2c(CCl)ccc(N)c12. The highest BCUT2D eigenvalue weighted by Gasteiger charge is 2.09. The minimum absolute atomic E-state index is 0.556. The highest BCUT2D eigenvalue weighted by molar-refractivity contribution is 7.17. The van der Waals surface area contributed by atoms with Crippen molar-refractivity contribution in [2.45, 2.75) is 19.2 Å². The van der Waals surface area contributed by atoms with Crippen LogP contribution in [0.1, 0.15) is 18.1 Å². The fourth-order valence-electron chi connectivity index (χ4n) is 1.66. The van der Waals surface area contributed by atoms with Crippen LogP contribution in [0, 0.1) is 0 Å². The summed E-state index contributed by atoms with van der Waals surface area (Å²) in [4.78, 5) is 0. The van der Waals surface area contributed by atoms with E-state index in [0.29, 0.717) is 5.88 Å². The summed E-state index contributed by atoms with van der Waals surface area (Å²) in [5.41, 5.74) is 9.34. The Kier molecular flexibility index (Phi) is 2.66. The molecule has 3 heteroatoms. The lowest BCUT2D eigenvalue weighted by molar-refractivity contribution is 1.17. The fraction of sp³-hybridized carbons (Fsp3) is 0.273. The van der Waals surface area contributed by atoms with E-state index >= 15 is 0 Å². The second-order valence-electron chi connectivity index (χ2n) is 3.27. The summed E-state index contributed by atoms with van der Waals surface area (Å²) in [6.07, 6.45) is 1.02. The molecule has 0 saturated heterocycles. The van der Waals surface area contributed by atoms with Gasteiger partial charge in [-0.2, -0.15) is 0 Å². The fourth-order valence-corrected chi connectivity index (χ4v) is 3.17. The molecule has 1 heterocycles. The van der Waals surface area contributed by atoms with Crippen LogP contribution in [-0.2, 0) is 12.3 Å². The van der Waals surface area contributed by atoms with E-state index in [-0.39, 0.29) is 0 Å². The zero-order valence-corrected chi connectivity index (χ0v) is 9.58. The largest absolute Gasteiger partial charge is 0.398 e. The van der Waals surface area contributed by atoms with Gasteiger partial charge >= 0.3 is 0 Å². The van der Waals surface area contributed by atoms with Crippen LogP contribution in [0.15, 0.2) is 17.5 Å². The van der Waals surface area contributed by atoms with Gasteiger partial charge in [-0.1, -0.05) is 13.0 Å². The number of halogens is 1. The lowest BCUT2D eigenvalue weighted by Gasteiger charge is -2.03. The van der Waals surface area contributed by atoms with E-state index in [9.17, 15) is 0 Å². The van der Waals surface area contributed by atoms with E-state index in [1.807, 2.05) is 12.1 Å². The van der Waals surface area contributed by atoms with Crippen molar-refractivity contribution in [3.63, 3.8) is 0 Å². The predicted octanol–water partition coefficient (Wildman–Crippen LogP) is 3.78. The van der Waals surface area contributed by atoms with Crippen LogP contribution < -0.4 is 5.73 Å².